The van der Waals surface area contributed by atoms with Crippen LogP contribution in [-0.4, -0.2) is 46.5 Å². The summed E-state index contributed by atoms with van der Waals surface area (Å²) in [5.74, 6) is 0.0269. The fourth-order valence-electron chi connectivity index (χ4n) is 3.25. The second kappa shape index (κ2) is 7.83. The minimum Gasteiger partial charge on any atom is -0.436 e. The van der Waals surface area contributed by atoms with Crippen molar-refractivity contribution in [3.63, 3.8) is 0 Å². The fourth-order valence-corrected chi connectivity index (χ4v) is 3.25. The first-order valence-corrected chi connectivity index (χ1v) is 9.18. The van der Waals surface area contributed by atoms with Gasteiger partial charge in [0.05, 0.1) is 12.3 Å². The van der Waals surface area contributed by atoms with Gasteiger partial charge in [0.1, 0.15) is 5.75 Å². The van der Waals surface area contributed by atoms with Gasteiger partial charge in [-0.25, -0.2) is 4.98 Å². The summed E-state index contributed by atoms with van der Waals surface area (Å²) in [5, 5.41) is 9.58. The normalized spacial score (nSPS) is 16.7. The van der Waals surface area contributed by atoms with Crippen molar-refractivity contribution in [2.45, 2.75) is 18.9 Å². The van der Waals surface area contributed by atoms with E-state index in [2.05, 4.69) is 9.72 Å². The van der Waals surface area contributed by atoms with Gasteiger partial charge in [-0.1, -0.05) is 18.2 Å². The molecule has 1 aromatic heterocycles. The molecule has 1 aliphatic rings. The van der Waals surface area contributed by atoms with Crippen molar-refractivity contribution >= 4 is 5.91 Å². The van der Waals surface area contributed by atoms with Crippen molar-refractivity contribution in [1.29, 1.82) is 0 Å². The van der Waals surface area contributed by atoms with Gasteiger partial charge in [-0.3, -0.25) is 4.79 Å². The Labute approximate surface area is 169 Å². The van der Waals surface area contributed by atoms with Crippen LogP contribution in [0.5, 0.6) is 5.75 Å². The monoisotopic (exact) mass is 418 g/mol. The molecule has 2 aromatic carbocycles. The Morgan fingerprint density at radius 3 is 2.60 bits per heavy atom. The van der Waals surface area contributed by atoms with Crippen molar-refractivity contribution in [2.24, 2.45) is 0 Å². The van der Waals surface area contributed by atoms with Crippen LogP contribution in [0, 0.1) is 0 Å². The van der Waals surface area contributed by atoms with Crippen LogP contribution >= 0.6 is 0 Å². The quantitative estimate of drug-likeness (QED) is 0.690. The molecule has 3 aromatic rings. The van der Waals surface area contributed by atoms with E-state index in [1.807, 2.05) is 0 Å². The molecule has 1 fully saturated rings. The smallest absolute Gasteiger partial charge is 0.436 e. The molecule has 1 amide bonds. The number of aromatic nitrogens is 1. The summed E-state index contributed by atoms with van der Waals surface area (Å²) in [6.45, 7) is 0.841. The number of β-amino-alcohol motifs (C(OH)–C–C–N with tert-alkyl or cyclic N) is 1. The minimum absolute atomic E-state index is 0.142. The van der Waals surface area contributed by atoms with Crippen molar-refractivity contribution in [1.82, 2.24) is 9.88 Å². The Bertz CT molecular complexity index is 1050. The van der Waals surface area contributed by atoms with Crippen molar-refractivity contribution in [2.75, 3.05) is 13.1 Å². The molecule has 0 spiro atoms. The first kappa shape index (κ1) is 20.0. The summed E-state index contributed by atoms with van der Waals surface area (Å²) in [6, 6.07) is 12.1. The number of carbonyl (C=O) groups excluding carboxylic acids is 1. The number of likely N-dealkylation sites (tertiary alicyclic amines) is 1. The number of aliphatic hydroxyl groups is 1. The predicted molar refractivity (Wildman–Crippen MR) is 101 cm³/mol. The number of nitrogens with zero attached hydrogens (tertiary/aromatic N) is 2. The van der Waals surface area contributed by atoms with Gasteiger partial charge in [0.25, 0.3) is 5.91 Å². The van der Waals surface area contributed by atoms with Gasteiger partial charge in [-0.2, -0.15) is 0 Å². The molecule has 1 atom stereocenters. The van der Waals surface area contributed by atoms with Crippen LogP contribution in [0.3, 0.4) is 0 Å². The minimum atomic E-state index is -4.79. The van der Waals surface area contributed by atoms with Crippen molar-refractivity contribution in [3.05, 3.63) is 60.3 Å². The van der Waals surface area contributed by atoms with E-state index in [0.29, 0.717) is 42.0 Å². The molecule has 30 heavy (non-hydrogen) atoms. The molecule has 0 aliphatic carbocycles. The van der Waals surface area contributed by atoms with E-state index in [4.69, 9.17) is 4.42 Å². The number of oxazole rings is 1. The van der Waals surface area contributed by atoms with Gasteiger partial charge in [-0.15, -0.1) is 13.2 Å². The lowest BCUT2D eigenvalue weighted by atomic mass is 10.1. The number of alkyl halides is 3. The summed E-state index contributed by atoms with van der Waals surface area (Å²) in [6.07, 6.45) is -3.24. The first-order chi connectivity index (χ1) is 14.3. The molecule has 9 heteroatoms. The summed E-state index contributed by atoms with van der Waals surface area (Å²) >= 11 is 0. The van der Waals surface area contributed by atoms with E-state index in [1.54, 1.807) is 35.2 Å². The second-order valence-electron chi connectivity index (χ2n) is 6.88. The van der Waals surface area contributed by atoms with Gasteiger partial charge in [0, 0.05) is 29.8 Å². The molecule has 1 N–H and O–H groups in total. The second-order valence-corrected chi connectivity index (χ2v) is 6.88. The average Bonchev–Trinajstić information content (AvgIpc) is 3.36. The lowest BCUT2D eigenvalue weighted by Gasteiger charge is -2.15. The number of rotatable bonds is 4. The van der Waals surface area contributed by atoms with Gasteiger partial charge >= 0.3 is 6.36 Å². The van der Waals surface area contributed by atoms with E-state index in [0.717, 1.165) is 0 Å². The van der Waals surface area contributed by atoms with Crippen molar-refractivity contribution in [3.8, 4) is 28.5 Å². The molecule has 0 radical (unpaired) electrons. The molecule has 1 aliphatic heterocycles. The van der Waals surface area contributed by atoms with Crippen LogP contribution in [0.2, 0.25) is 0 Å². The third-order valence-electron chi connectivity index (χ3n) is 4.69. The zero-order chi connectivity index (χ0) is 21.3. The zero-order valence-electron chi connectivity index (χ0n) is 15.6. The van der Waals surface area contributed by atoms with E-state index in [1.165, 1.54) is 24.4 Å². The standard InChI is InChI=1S/C21H17F3N2O4/c22-21(23,24)30-17-3-1-2-15(10-17)19-25-11-18(29-19)13-4-6-14(7-5-13)20(28)26-9-8-16(27)12-26/h1-7,10-11,16,27H,8-9,12H2/t16-/m1/s1. The number of halogens is 3. The molecule has 1 saturated heterocycles. The summed E-state index contributed by atoms with van der Waals surface area (Å²) in [5.41, 5.74) is 1.49. The van der Waals surface area contributed by atoms with Crippen LogP contribution in [-0.2, 0) is 0 Å². The van der Waals surface area contributed by atoms with E-state index in [-0.39, 0.29) is 17.5 Å². The maximum Gasteiger partial charge on any atom is 0.573 e. The van der Waals surface area contributed by atoms with Gasteiger partial charge in [0.15, 0.2) is 5.76 Å². The van der Waals surface area contributed by atoms with Crippen LogP contribution in [0.15, 0.2) is 59.1 Å². The lowest BCUT2D eigenvalue weighted by molar-refractivity contribution is -0.274. The fraction of sp³-hybridized carbons (Fsp3) is 0.238. The molecule has 0 saturated carbocycles. The molecular formula is C21H17F3N2O4. The van der Waals surface area contributed by atoms with Crippen LogP contribution in [0.25, 0.3) is 22.8 Å². The molecule has 0 unspecified atom stereocenters. The molecule has 2 heterocycles. The third-order valence-corrected chi connectivity index (χ3v) is 4.69. The Morgan fingerprint density at radius 1 is 1.17 bits per heavy atom. The predicted octanol–water partition coefficient (Wildman–Crippen LogP) is 4.11. The van der Waals surface area contributed by atoms with Crippen molar-refractivity contribution < 1.29 is 32.2 Å². The topological polar surface area (TPSA) is 75.8 Å². The van der Waals surface area contributed by atoms with Gasteiger partial charge in [-0.05, 0) is 36.8 Å². The highest BCUT2D eigenvalue weighted by molar-refractivity contribution is 5.94. The zero-order valence-corrected chi connectivity index (χ0v) is 15.6. The number of hydrogen-bond acceptors (Lipinski definition) is 5. The van der Waals surface area contributed by atoms with Crippen LogP contribution in [0.1, 0.15) is 16.8 Å². The molecule has 6 nitrogen and oxygen atoms in total. The molecule has 0 bridgehead atoms. The summed E-state index contributed by atoms with van der Waals surface area (Å²) < 4.78 is 46.8. The Balaban J connectivity index is 1.50. The van der Waals surface area contributed by atoms with Crippen LogP contribution < -0.4 is 4.74 Å². The highest BCUT2D eigenvalue weighted by Gasteiger charge is 2.31. The summed E-state index contributed by atoms with van der Waals surface area (Å²) in [4.78, 5) is 18.2. The number of aliphatic hydroxyl groups excluding tert-OH is 1. The van der Waals surface area contributed by atoms with Crippen LogP contribution in [0.4, 0.5) is 13.2 Å². The van der Waals surface area contributed by atoms with E-state index in [9.17, 15) is 23.1 Å². The maximum absolute atomic E-state index is 12.4. The highest BCUT2D eigenvalue weighted by Crippen LogP contribution is 2.30. The number of hydrogen-bond donors (Lipinski definition) is 1. The molecular weight excluding hydrogens is 401 g/mol. The number of carbonyl (C=O) groups is 1. The number of ether oxygens (including phenoxy) is 1. The number of amides is 1. The van der Waals surface area contributed by atoms with Gasteiger partial charge in [0.2, 0.25) is 5.89 Å². The first-order valence-electron chi connectivity index (χ1n) is 9.18. The van der Waals surface area contributed by atoms with E-state index < -0.39 is 12.5 Å². The Morgan fingerprint density at radius 2 is 1.93 bits per heavy atom. The highest BCUT2D eigenvalue weighted by atomic mass is 19.4. The average molecular weight is 418 g/mol. The molecule has 156 valence electrons. The molecule has 4 rings (SSSR count). The summed E-state index contributed by atoms with van der Waals surface area (Å²) in [7, 11) is 0. The lowest BCUT2D eigenvalue weighted by Crippen LogP contribution is -2.29. The Hall–Kier alpha value is -3.33. The number of benzene rings is 2. The van der Waals surface area contributed by atoms with Gasteiger partial charge < -0.3 is 19.2 Å². The van der Waals surface area contributed by atoms with E-state index >= 15 is 0 Å². The largest absolute Gasteiger partial charge is 0.573 e. The Kier molecular flexibility index (Phi) is 5.21. The third kappa shape index (κ3) is 4.46. The SMILES string of the molecule is O=C(c1ccc(-c2cnc(-c3cccc(OC(F)(F)F)c3)o2)cc1)N1CC[C@@H](O)C1. The maximum atomic E-state index is 12.4.